The van der Waals surface area contributed by atoms with E-state index in [0.717, 1.165) is 12.8 Å². The van der Waals surface area contributed by atoms with Crippen LogP contribution in [-0.2, 0) is 4.79 Å². The van der Waals surface area contributed by atoms with E-state index in [2.05, 4.69) is 18.3 Å². The molecule has 0 aliphatic rings. The van der Waals surface area contributed by atoms with Crippen molar-refractivity contribution in [2.75, 3.05) is 6.54 Å². The molecule has 0 saturated heterocycles. The van der Waals surface area contributed by atoms with Gasteiger partial charge in [-0.3, -0.25) is 4.79 Å². The molecule has 0 rings (SSSR count). The molecule has 98 valence electrons. The van der Waals surface area contributed by atoms with Crippen LogP contribution < -0.4 is 5.32 Å². The van der Waals surface area contributed by atoms with Gasteiger partial charge in [0.15, 0.2) is 0 Å². The fourth-order valence-corrected chi connectivity index (χ4v) is 1.59. The number of nitrogens with zero attached hydrogens (tertiary/aromatic N) is 1. The van der Waals surface area contributed by atoms with Crippen LogP contribution in [0.4, 0.5) is 0 Å². The highest BCUT2D eigenvalue weighted by Gasteiger charge is 2.30. The quantitative estimate of drug-likeness (QED) is 0.626. The topological polar surface area (TPSA) is 52.9 Å². The predicted octanol–water partition coefficient (Wildman–Crippen LogP) is 3.40. The van der Waals surface area contributed by atoms with Crippen LogP contribution in [0, 0.1) is 16.7 Å². The molecule has 1 N–H and O–H groups in total. The van der Waals surface area contributed by atoms with Crippen molar-refractivity contribution < 1.29 is 4.79 Å². The molecule has 0 aliphatic carbocycles. The van der Waals surface area contributed by atoms with E-state index in [1.807, 2.05) is 6.92 Å². The van der Waals surface area contributed by atoms with Gasteiger partial charge in [0.1, 0.15) is 5.41 Å². The van der Waals surface area contributed by atoms with Crippen molar-refractivity contribution in [3.63, 3.8) is 0 Å². The fraction of sp³-hybridized carbons (Fsp3) is 0.857. The van der Waals surface area contributed by atoms with Crippen LogP contribution in [0.25, 0.3) is 0 Å². The van der Waals surface area contributed by atoms with Crippen LogP contribution in [-0.4, -0.2) is 12.5 Å². The lowest BCUT2D eigenvalue weighted by Gasteiger charge is -2.18. The van der Waals surface area contributed by atoms with Crippen LogP contribution in [0.3, 0.4) is 0 Å². The third-order valence-electron chi connectivity index (χ3n) is 3.27. The maximum absolute atomic E-state index is 11.7. The van der Waals surface area contributed by atoms with E-state index in [1.54, 1.807) is 6.92 Å². The summed E-state index contributed by atoms with van der Waals surface area (Å²) in [6, 6.07) is 2.08. The van der Waals surface area contributed by atoms with Gasteiger partial charge in [-0.15, -0.1) is 0 Å². The van der Waals surface area contributed by atoms with Gasteiger partial charge in [-0.1, -0.05) is 46.0 Å². The summed E-state index contributed by atoms with van der Waals surface area (Å²) < 4.78 is 0. The van der Waals surface area contributed by atoms with Crippen molar-refractivity contribution in [2.45, 2.75) is 65.7 Å². The Kier molecular flexibility index (Phi) is 8.49. The van der Waals surface area contributed by atoms with Crippen molar-refractivity contribution in [3.8, 4) is 6.07 Å². The lowest BCUT2D eigenvalue weighted by Crippen LogP contribution is -2.38. The van der Waals surface area contributed by atoms with E-state index in [4.69, 9.17) is 5.26 Å². The Morgan fingerprint density at radius 1 is 1.18 bits per heavy atom. The van der Waals surface area contributed by atoms with Gasteiger partial charge in [-0.05, 0) is 19.8 Å². The summed E-state index contributed by atoms with van der Waals surface area (Å²) in [5, 5.41) is 11.8. The van der Waals surface area contributed by atoms with Crippen molar-refractivity contribution in [2.24, 2.45) is 5.41 Å². The maximum atomic E-state index is 11.7. The molecule has 0 saturated carbocycles. The summed E-state index contributed by atoms with van der Waals surface area (Å²) in [5.41, 5.74) is -0.859. The SMILES string of the molecule is CCCCCCCCNC(=O)C(C)(C#N)CC. The van der Waals surface area contributed by atoms with Crippen molar-refractivity contribution in [3.05, 3.63) is 0 Å². The molecule has 3 nitrogen and oxygen atoms in total. The van der Waals surface area contributed by atoms with Gasteiger partial charge in [-0.2, -0.15) is 5.26 Å². The zero-order valence-electron chi connectivity index (χ0n) is 11.5. The largest absolute Gasteiger partial charge is 0.355 e. The Bertz CT molecular complexity index is 257. The number of carbonyl (C=O) groups excluding carboxylic acids is 1. The molecule has 3 heteroatoms. The van der Waals surface area contributed by atoms with E-state index in [-0.39, 0.29) is 5.91 Å². The molecule has 0 aliphatic heterocycles. The first-order valence-electron chi connectivity index (χ1n) is 6.80. The predicted molar refractivity (Wildman–Crippen MR) is 70.4 cm³/mol. The van der Waals surface area contributed by atoms with E-state index >= 15 is 0 Å². The second-order valence-electron chi connectivity index (χ2n) is 4.82. The minimum atomic E-state index is -0.859. The first kappa shape index (κ1) is 16.0. The Morgan fingerprint density at radius 3 is 2.29 bits per heavy atom. The van der Waals surface area contributed by atoms with Crippen LogP contribution in [0.1, 0.15) is 65.7 Å². The zero-order valence-corrected chi connectivity index (χ0v) is 11.5. The molecule has 0 aromatic heterocycles. The third kappa shape index (κ3) is 6.31. The van der Waals surface area contributed by atoms with Gasteiger partial charge in [0.05, 0.1) is 6.07 Å². The molecule has 0 aromatic carbocycles. The molecule has 0 radical (unpaired) electrons. The van der Waals surface area contributed by atoms with Crippen LogP contribution in [0.2, 0.25) is 0 Å². The molecule has 0 heterocycles. The van der Waals surface area contributed by atoms with Crippen LogP contribution in [0.5, 0.6) is 0 Å². The number of amides is 1. The molecular weight excluding hydrogens is 212 g/mol. The monoisotopic (exact) mass is 238 g/mol. The average Bonchev–Trinajstić information content (AvgIpc) is 2.36. The molecule has 1 unspecified atom stereocenters. The standard InChI is InChI=1S/C14H26N2O/c1-4-6-7-8-9-10-11-16-13(17)14(3,5-2)12-15/h4-11H2,1-3H3,(H,16,17). The maximum Gasteiger partial charge on any atom is 0.240 e. The smallest absolute Gasteiger partial charge is 0.240 e. The normalized spacial score (nSPS) is 13.8. The van der Waals surface area contributed by atoms with E-state index in [0.29, 0.717) is 13.0 Å². The summed E-state index contributed by atoms with van der Waals surface area (Å²) in [4.78, 5) is 11.7. The first-order valence-corrected chi connectivity index (χ1v) is 6.80. The second-order valence-corrected chi connectivity index (χ2v) is 4.82. The van der Waals surface area contributed by atoms with Gasteiger partial charge in [0.2, 0.25) is 5.91 Å². The molecule has 0 aromatic rings. The van der Waals surface area contributed by atoms with E-state index in [1.165, 1.54) is 25.7 Å². The minimum absolute atomic E-state index is 0.129. The number of unbranched alkanes of at least 4 members (excludes halogenated alkanes) is 5. The summed E-state index contributed by atoms with van der Waals surface area (Å²) in [5.74, 6) is -0.129. The summed E-state index contributed by atoms with van der Waals surface area (Å²) in [6.07, 6.45) is 7.83. The van der Waals surface area contributed by atoms with Crippen LogP contribution in [0.15, 0.2) is 0 Å². The van der Waals surface area contributed by atoms with Gasteiger partial charge >= 0.3 is 0 Å². The van der Waals surface area contributed by atoms with Gasteiger partial charge in [0, 0.05) is 6.54 Å². The van der Waals surface area contributed by atoms with Gasteiger partial charge < -0.3 is 5.32 Å². The summed E-state index contributed by atoms with van der Waals surface area (Å²) >= 11 is 0. The summed E-state index contributed by atoms with van der Waals surface area (Å²) in [6.45, 7) is 6.47. The average molecular weight is 238 g/mol. The fourth-order valence-electron chi connectivity index (χ4n) is 1.59. The minimum Gasteiger partial charge on any atom is -0.355 e. The van der Waals surface area contributed by atoms with Crippen molar-refractivity contribution in [1.29, 1.82) is 5.26 Å². The number of nitriles is 1. The number of rotatable bonds is 9. The molecule has 17 heavy (non-hydrogen) atoms. The molecule has 0 spiro atoms. The summed E-state index contributed by atoms with van der Waals surface area (Å²) in [7, 11) is 0. The van der Waals surface area contributed by atoms with Crippen molar-refractivity contribution >= 4 is 5.91 Å². The van der Waals surface area contributed by atoms with E-state index < -0.39 is 5.41 Å². The third-order valence-corrected chi connectivity index (χ3v) is 3.27. The van der Waals surface area contributed by atoms with E-state index in [9.17, 15) is 4.79 Å². The number of hydrogen-bond donors (Lipinski definition) is 1. The molecule has 0 bridgehead atoms. The highest BCUT2D eigenvalue weighted by atomic mass is 16.2. The zero-order chi connectivity index (χ0) is 13.1. The molecular formula is C14H26N2O. The second kappa shape index (κ2) is 9.04. The van der Waals surface area contributed by atoms with Crippen LogP contribution >= 0.6 is 0 Å². The van der Waals surface area contributed by atoms with Crippen molar-refractivity contribution in [1.82, 2.24) is 5.32 Å². The lowest BCUT2D eigenvalue weighted by atomic mass is 9.88. The number of hydrogen-bond acceptors (Lipinski definition) is 2. The molecule has 1 atom stereocenters. The highest BCUT2D eigenvalue weighted by molar-refractivity contribution is 5.84. The molecule has 1 amide bonds. The Morgan fingerprint density at radius 2 is 1.76 bits per heavy atom. The first-order chi connectivity index (χ1) is 8.10. The Balaban J connectivity index is 3.62. The highest BCUT2D eigenvalue weighted by Crippen LogP contribution is 2.19. The van der Waals surface area contributed by atoms with Gasteiger partial charge in [0.25, 0.3) is 0 Å². The lowest BCUT2D eigenvalue weighted by molar-refractivity contribution is -0.127. The Labute approximate surface area is 106 Å². The number of carbonyl (C=O) groups is 1. The van der Waals surface area contributed by atoms with Gasteiger partial charge in [-0.25, -0.2) is 0 Å². The molecule has 0 fully saturated rings. The number of nitrogens with one attached hydrogen (secondary N) is 1. The Hall–Kier alpha value is -1.04.